The van der Waals surface area contributed by atoms with Gasteiger partial charge >= 0.3 is 10.1 Å². The molecule has 1 heterocycles. The van der Waals surface area contributed by atoms with Gasteiger partial charge in [0, 0.05) is 17.4 Å². The molecule has 1 aromatic heterocycles. The second-order valence-electron chi connectivity index (χ2n) is 3.30. The fourth-order valence-electron chi connectivity index (χ4n) is 1.20. The molecular formula is C11H7Cl2NO3S. The van der Waals surface area contributed by atoms with E-state index in [-0.39, 0.29) is 15.7 Å². The molecule has 0 unspecified atom stereocenters. The maximum atomic E-state index is 11.9. The highest BCUT2D eigenvalue weighted by Gasteiger charge is 2.18. The zero-order valence-corrected chi connectivity index (χ0v) is 11.2. The van der Waals surface area contributed by atoms with Crippen LogP contribution in [0.25, 0.3) is 0 Å². The largest absolute Gasteiger partial charge is 0.377 e. The van der Waals surface area contributed by atoms with Crippen molar-refractivity contribution in [1.82, 2.24) is 4.98 Å². The van der Waals surface area contributed by atoms with Crippen LogP contribution in [0.5, 0.6) is 5.75 Å². The summed E-state index contributed by atoms with van der Waals surface area (Å²) >= 11 is 11.5. The molecule has 0 radical (unpaired) electrons. The minimum Gasteiger partial charge on any atom is -0.377 e. The monoisotopic (exact) mass is 303 g/mol. The Morgan fingerprint density at radius 2 is 1.94 bits per heavy atom. The topological polar surface area (TPSA) is 56.3 Å². The molecule has 0 atom stereocenters. The van der Waals surface area contributed by atoms with Gasteiger partial charge in [-0.1, -0.05) is 23.2 Å². The van der Waals surface area contributed by atoms with Gasteiger partial charge in [-0.25, -0.2) is 0 Å². The number of halogens is 2. The molecule has 0 bridgehead atoms. The molecule has 0 aliphatic heterocycles. The Balaban J connectivity index is 2.34. The van der Waals surface area contributed by atoms with Crippen LogP contribution in [0.1, 0.15) is 0 Å². The summed E-state index contributed by atoms with van der Waals surface area (Å²) < 4.78 is 28.7. The molecule has 0 N–H and O–H groups in total. The number of rotatable bonds is 3. The van der Waals surface area contributed by atoms with Crippen LogP contribution in [0.3, 0.4) is 0 Å². The van der Waals surface area contributed by atoms with E-state index < -0.39 is 10.1 Å². The average molecular weight is 304 g/mol. The van der Waals surface area contributed by atoms with Crippen LogP contribution in [0, 0.1) is 0 Å². The lowest BCUT2D eigenvalue weighted by Gasteiger charge is -2.08. The van der Waals surface area contributed by atoms with Gasteiger partial charge < -0.3 is 4.18 Å². The van der Waals surface area contributed by atoms with Crippen LogP contribution in [0.4, 0.5) is 0 Å². The third-order valence-corrected chi connectivity index (χ3v) is 3.76. The van der Waals surface area contributed by atoms with Crippen LogP contribution in [0.2, 0.25) is 10.0 Å². The van der Waals surface area contributed by atoms with Crippen molar-refractivity contribution in [2.45, 2.75) is 4.90 Å². The smallest absolute Gasteiger partial charge is 0.340 e. The molecule has 4 nitrogen and oxygen atoms in total. The van der Waals surface area contributed by atoms with E-state index in [1.807, 2.05) is 0 Å². The quantitative estimate of drug-likeness (QED) is 0.817. The third-order valence-electron chi connectivity index (χ3n) is 2.02. The summed E-state index contributed by atoms with van der Waals surface area (Å²) in [5, 5.41) is 0.515. The van der Waals surface area contributed by atoms with E-state index in [1.54, 1.807) is 0 Å². The number of hydrogen-bond donors (Lipinski definition) is 0. The molecule has 0 aliphatic carbocycles. The van der Waals surface area contributed by atoms with Gasteiger partial charge in [-0.3, -0.25) is 4.98 Å². The lowest BCUT2D eigenvalue weighted by molar-refractivity contribution is 0.486. The predicted octanol–water partition coefficient (Wildman–Crippen LogP) is 3.16. The third kappa shape index (κ3) is 2.93. The Labute approximate surface area is 114 Å². The fraction of sp³-hybridized carbons (Fsp3) is 0. The molecule has 94 valence electrons. The van der Waals surface area contributed by atoms with Crippen molar-refractivity contribution in [2.24, 2.45) is 0 Å². The molecule has 0 fully saturated rings. The highest BCUT2D eigenvalue weighted by atomic mass is 35.5. The molecule has 2 rings (SSSR count). The van der Waals surface area contributed by atoms with Crippen LogP contribution >= 0.6 is 23.2 Å². The maximum absolute atomic E-state index is 11.9. The summed E-state index contributed by atoms with van der Waals surface area (Å²) in [7, 11) is -3.94. The van der Waals surface area contributed by atoms with Crippen molar-refractivity contribution in [3.63, 3.8) is 0 Å². The second kappa shape index (κ2) is 5.14. The first kappa shape index (κ1) is 13.1. The zero-order valence-electron chi connectivity index (χ0n) is 8.88. The lowest BCUT2D eigenvalue weighted by Crippen LogP contribution is -2.10. The van der Waals surface area contributed by atoms with Crippen LogP contribution < -0.4 is 4.18 Å². The predicted molar refractivity (Wildman–Crippen MR) is 68.5 cm³/mol. The molecule has 1 aromatic carbocycles. The van der Waals surface area contributed by atoms with Crippen molar-refractivity contribution in [3.05, 3.63) is 52.8 Å². The zero-order chi connectivity index (χ0) is 13.2. The first-order valence-corrected chi connectivity index (χ1v) is 6.95. The van der Waals surface area contributed by atoms with Gasteiger partial charge in [-0.15, -0.1) is 0 Å². The molecule has 18 heavy (non-hydrogen) atoms. The van der Waals surface area contributed by atoms with Crippen molar-refractivity contribution in [1.29, 1.82) is 0 Å². The number of hydrogen-bond acceptors (Lipinski definition) is 4. The summed E-state index contributed by atoms with van der Waals surface area (Å²) in [6, 6.07) is 7.16. The standard InChI is InChI=1S/C11H7Cl2NO3S/c12-8-3-4-11(10(13)6-8)17-18(15,16)9-2-1-5-14-7-9/h1-7H. The SMILES string of the molecule is O=S(=O)(Oc1ccc(Cl)cc1Cl)c1cccnc1. The summed E-state index contributed by atoms with van der Waals surface area (Å²) in [6.07, 6.45) is 2.66. The van der Waals surface area contributed by atoms with Crippen molar-refractivity contribution < 1.29 is 12.6 Å². The van der Waals surface area contributed by atoms with Crippen LogP contribution in [-0.2, 0) is 10.1 Å². The highest BCUT2D eigenvalue weighted by Crippen LogP contribution is 2.29. The van der Waals surface area contributed by atoms with Crippen molar-refractivity contribution >= 4 is 33.3 Å². The van der Waals surface area contributed by atoms with Gasteiger partial charge in [0.25, 0.3) is 0 Å². The Morgan fingerprint density at radius 3 is 2.56 bits per heavy atom. The summed E-state index contributed by atoms with van der Waals surface area (Å²) in [4.78, 5) is 3.67. The van der Waals surface area contributed by atoms with Gasteiger partial charge in [0.15, 0.2) is 5.75 Å². The van der Waals surface area contributed by atoms with E-state index in [2.05, 4.69) is 4.98 Å². The van der Waals surface area contributed by atoms with Gasteiger partial charge in [0.05, 0.1) is 5.02 Å². The molecule has 2 aromatic rings. The van der Waals surface area contributed by atoms with E-state index in [1.165, 1.54) is 42.7 Å². The molecule has 0 saturated heterocycles. The number of benzene rings is 1. The van der Waals surface area contributed by atoms with E-state index in [4.69, 9.17) is 27.4 Å². The average Bonchev–Trinajstić information content (AvgIpc) is 2.34. The van der Waals surface area contributed by atoms with Crippen molar-refractivity contribution in [3.8, 4) is 5.75 Å². The number of nitrogens with zero attached hydrogens (tertiary/aromatic N) is 1. The van der Waals surface area contributed by atoms with Gasteiger partial charge in [-0.05, 0) is 30.3 Å². The van der Waals surface area contributed by atoms with Crippen LogP contribution in [0.15, 0.2) is 47.6 Å². The molecule has 0 aliphatic rings. The normalized spacial score (nSPS) is 11.2. The van der Waals surface area contributed by atoms with Crippen molar-refractivity contribution in [2.75, 3.05) is 0 Å². The minimum atomic E-state index is -3.94. The lowest BCUT2D eigenvalue weighted by atomic mass is 10.3. The molecule has 0 saturated carbocycles. The second-order valence-corrected chi connectivity index (χ2v) is 5.69. The number of aromatic nitrogens is 1. The minimum absolute atomic E-state index is 0.0184. The van der Waals surface area contributed by atoms with Gasteiger partial charge in [0.2, 0.25) is 0 Å². The Bertz CT molecular complexity index is 659. The molecular weight excluding hydrogens is 297 g/mol. The summed E-state index contributed by atoms with van der Waals surface area (Å²) in [5.74, 6) is 0.0184. The summed E-state index contributed by atoms with van der Waals surface area (Å²) in [5.41, 5.74) is 0. The van der Waals surface area contributed by atoms with Gasteiger partial charge in [-0.2, -0.15) is 8.42 Å². The maximum Gasteiger partial charge on any atom is 0.340 e. The fourth-order valence-corrected chi connectivity index (χ4v) is 2.61. The Hall–Kier alpha value is -1.30. The Kier molecular flexibility index (Phi) is 3.75. The molecule has 7 heteroatoms. The van der Waals surface area contributed by atoms with E-state index >= 15 is 0 Å². The van der Waals surface area contributed by atoms with Crippen LogP contribution in [-0.4, -0.2) is 13.4 Å². The Morgan fingerprint density at radius 1 is 1.17 bits per heavy atom. The molecule has 0 spiro atoms. The van der Waals surface area contributed by atoms with Gasteiger partial charge in [0.1, 0.15) is 4.90 Å². The highest BCUT2D eigenvalue weighted by molar-refractivity contribution is 7.87. The van der Waals surface area contributed by atoms with E-state index in [0.717, 1.165) is 0 Å². The van der Waals surface area contributed by atoms with E-state index in [0.29, 0.717) is 5.02 Å². The molecule has 0 amide bonds. The first-order valence-electron chi connectivity index (χ1n) is 4.78. The number of pyridine rings is 1. The first-order chi connectivity index (χ1) is 8.49. The summed E-state index contributed by atoms with van der Waals surface area (Å²) in [6.45, 7) is 0. The van der Waals surface area contributed by atoms with E-state index in [9.17, 15) is 8.42 Å².